The minimum atomic E-state index is 0.439. The lowest BCUT2D eigenvalue weighted by atomic mass is 10.1. The largest absolute Gasteiger partial charge is 0.339 e. The van der Waals surface area contributed by atoms with Gasteiger partial charge < -0.3 is 4.90 Å². The Hall–Kier alpha value is -1.76. The van der Waals surface area contributed by atoms with Crippen molar-refractivity contribution in [1.82, 2.24) is 0 Å². The van der Waals surface area contributed by atoms with Crippen molar-refractivity contribution < 1.29 is 0 Å². The van der Waals surface area contributed by atoms with Gasteiger partial charge in [0, 0.05) is 17.4 Å². The SMILES string of the molecule is Cc1ccc(N(c2ccccc2)C(C)C)cc1C. The second kappa shape index (κ2) is 5.26. The molecule has 2 aromatic rings. The number of anilines is 2. The van der Waals surface area contributed by atoms with E-state index < -0.39 is 0 Å². The number of para-hydroxylation sites is 1. The van der Waals surface area contributed by atoms with Gasteiger partial charge in [0.05, 0.1) is 0 Å². The van der Waals surface area contributed by atoms with E-state index in [1.807, 2.05) is 0 Å². The lowest BCUT2D eigenvalue weighted by Gasteiger charge is -2.29. The summed E-state index contributed by atoms with van der Waals surface area (Å²) in [5.74, 6) is 0. The summed E-state index contributed by atoms with van der Waals surface area (Å²) in [6.45, 7) is 8.77. The number of benzene rings is 2. The van der Waals surface area contributed by atoms with Crippen LogP contribution >= 0.6 is 0 Å². The molecule has 0 radical (unpaired) electrons. The maximum absolute atomic E-state index is 2.37. The summed E-state index contributed by atoms with van der Waals surface area (Å²) in [6, 6.07) is 17.7. The van der Waals surface area contributed by atoms with Gasteiger partial charge in [0.1, 0.15) is 0 Å². The molecule has 0 saturated carbocycles. The molecular weight excluding hydrogens is 218 g/mol. The van der Waals surface area contributed by atoms with Crippen molar-refractivity contribution in [2.24, 2.45) is 0 Å². The van der Waals surface area contributed by atoms with E-state index in [-0.39, 0.29) is 0 Å². The molecule has 0 heterocycles. The third kappa shape index (κ3) is 2.56. The molecule has 2 rings (SSSR count). The molecular formula is C17H21N. The highest BCUT2D eigenvalue weighted by atomic mass is 15.2. The summed E-state index contributed by atoms with van der Waals surface area (Å²) in [6.07, 6.45) is 0. The molecule has 0 amide bonds. The molecule has 0 atom stereocenters. The molecule has 0 unspecified atom stereocenters. The fourth-order valence-electron chi connectivity index (χ4n) is 2.21. The van der Waals surface area contributed by atoms with Crippen LogP contribution in [-0.4, -0.2) is 6.04 Å². The van der Waals surface area contributed by atoms with Crippen molar-refractivity contribution >= 4 is 11.4 Å². The van der Waals surface area contributed by atoms with Crippen molar-refractivity contribution in [2.45, 2.75) is 33.7 Å². The Morgan fingerprint density at radius 1 is 0.778 bits per heavy atom. The molecule has 0 aliphatic heterocycles. The normalized spacial score (nSPS) is 10.7. The quantitative estimate of drug-likeness (QED) is 0.740. The Balaban J connectivity index is 2.45. The summed E-state index contributed by atoms with van der Waals surface area (Å²) >= 11 is 0. The summed E-state index contributed by atoms with van der Waals surface area (Å²) in [4.78, 5) is 2.37. The van der Waals surface area contributed by atoms with Crippen LogP contribution < -0.4 is 4.90 Å². The van der Waals surface area contributed by atoms with Crippen molar-refractivity contribution in [1.29, 1.82) is 0 Å². The smallest absolute Gasteiger partial charge is 0.0416 e. The summed E-state index contributed by atoms with van der Waals surface area (Å²) < 4.78 is 0. The Bertz CT molecular complexity index is 514. The fourth-order valence-corrected chi connectivity index (χ4v) is 2.21. The van der Waals surface area contributed by atoms with Crippen LogP contribution in [0.1, 0.15) is 25.0 Å². The minimum absolute atomic E-state index is 0.439. The fraction of sp³-hybridized carbons (Fsp3) is 0.294. The van der Waals surface area contributed by atoms with Gasteiger partial charge in [0.15, 0.2) is 0 Å². The first kappa shape index (κ1) is 12.7. The zero-order valence-corrected chi connectivity index (χ0v) is 11.6. The first-order valence-corrected chi connectivity index (χ1v) is 6.51. The van der Waals surface area contributed by atoms with Gasteiger partial charge in [-0.15, -0.1) is 0 Å². The molecule has 0 aliphatic carbocycles. The second-order valence-corrected chi connectivity index (χ2v) is 5.07. The molecule has 0 aliphatic rings. The van der Waals surface area contributed by atoms with Crippen molar-refractivity contribution in [3.8, 4) is 0 Å². The molecule has 0 saturated heterocycles. The number of hydrogen-bond acceptors (Lipinski definition) is 1. The first-order chi connectivity index (χ1) is 8.59. The molecule has 0 aromatic heterocycles. The van der Waals surface area contributed by atoms with Crippen molar-refractivity contribution in [3.05, 3.63) is 59.7 Å². The van der Waals surface area contributed by atoms with Crippen LogP contribution in [0.5, 0.6) is 0 Å². The number of hydrogen-bond donors (Lipinski definition) is 0. The molecule has 0 fully saturated rings. The number of rotatable bonds is 3. The van der Waals surface area contributed by atoms with Gasteiger partial charge in [-0.1, -0.05) is 24.3 Å². The topological polar surface area (TPSA) is 3.24 Å². The Kier molecular flexibility index (Phi) is 3.71. The maximum Gasteiger partial charge on any atom is 0.0416 e. The highest BCUT2D eigenvalue weighted by Gasteiger charge is 2.12. The Morgan fingerprint density at radius 2 is 1.44 bits per heavy atom. The predicted octanol–water partition coefficient (Wildman–Crippen LogP) is 4.85. The molecule has 1 heteroatoms. The molecule has 0 bridgehead atoms. The number of aryl methyl sites for hydroxylation is 2. The summed E-state index contributed by atoms with van der Waals surface area (Å²) in [7, 11) is 0. The molecule has 18 heavy (non-hydrogen) atoms. The lowest BCUT2D eigenvalue weighted by Crippen LogP contribution is -2.25. The average molecular weight is 239 g/mol. The average Bonchev–Trinajstić information content (AvgIpc) is 2.35. The summed E-state index contributed by atoms with van der Waals surface area (Å²) in [5.41, 5.74) is 5.19. The van der Waals surface area contributed by atoms with Gasteiger partial charge in [0.25, 0.3) is 0 Å². The van der Waals surface area contributed by atoms with E-state index in [1.54, 1.807) is 0 Å². The van der Waals surface area contributed by atoms with Crippen LogP contribution in [0, 0.1) is 13.8 Å². The maximum atomic E-state index is 2.37. The van der Waals surface area contributed by atoms with Crippen molar-refractivity contribution in [2.75, 3.05) is 4.90 Å². The Morgan fingerprint density at radius 3 is 2.00 bits per heavy atom. The van der Waals surface area contributed by atoms with Gasteiger partial charge in [0.2, 0.25) is 0 Å². The van der Waals surface area contributed by atoms with Crippen LogP contribution in [-0.2, 0) is 0 Å². The third-order valence-corrected chi connectivity index (χ3v) is 3.32. The van der Waals surface area contributed by atoms with Crippen LogP contribution in [0.3, 0.4) is 0 Å². The van der Waals surface area contributed by atoms with Crippen LogP contribution in [0.15, 0.2) is 48.5 Å². The highest BCUT2D eigenvalue weighted by molar-refractivity contribution is 5.65. The third-order valence-electron chi connectivity index (χ3n) is 3.32. The van der Waals surface area contributed by atoms with E-state index >= 15 is 0 Å². The predicted molar refractivity (Wildman–Crippen MR) is 79.6 cm³/mol. The molecule has 0 N–H and O–H groups in total. The molecule has 2 aromatic carbocycles. The molecule has 0 spiro atoms. The second-order valence-electron chi connectivity index (χ2n) is 5.07. The first-order valence-electron chi connectivity index (χ1n) is 6.51. The van der Waals surface area contributed by atoms with E-state index in [9.17, 15) is 0 Å². The highest BCUT2D eigenvalue weighted by Crippen LogP contribution is 2.29. The van der Waals surface area contributed by atoms with E-state index in [4.69, 9.17) is 0 Å². The van der Waals surface area contributed by atoms with Gasteiger partial charge in [-0.05, 0) is 63.1 Å². The molecule has 94 valence electrons. The van der Waals surface area contributed by atoms with Gasteiger partial charge in [-0.3, -0.25) is 0 Å². The van der Waals surface area contributed by atoms with E-state index in [1.165, 1.54) is 22.5 Å². The van der Waals surface area contributed by atoms with Gasteiger partial charge in [-0.25, -0.2) is 0 Å². The van der Waals surface area contributed by atoms with Crippen molar-refractivity contribution in [3.63, 3.8) is 0 Å². The van der Waals surface area contributed by atoms with Crippen LogP contribution in [0.2, 0.25) is 0 Å². The number of nitrogens with zero attached hydrogens (tertiary/aromatic N) is 1. The van der Waals surface area contributed by atoms with Gasteiger partial charge >= 0.3 is 0 Å². The standard InChI is InChI=1S/C17H21N/c1-13(2)18(16-8-6-5-7-9-16)17-11-10-14(3)15(4)12-17/h5-13H,1-4H3. The lowest BCUT2D eigenvalue weighted by molar-refractivity contribution is 0.788. The summed E-state index contributed by atoms with van der Waals surface area (Å²) in [5, 5.41) is 0. The van der Waals surface area contributed by atoms with E-state index in [2.05, 4.69) is 81.1 Å². The van der Waals surface area contributed by atoms with Gasteiger partial charge in [-0.2, -0.15) is 0 Å². The van der Waals surface area contributed by atoms with Crippen LogP contribution in [0.25, 0.3) is 0 Å². The zero-order valence-electron chi connectivity index (χ0n) is 11.6. The monoisotopic (exact) mass is 239 g/mol. The minimum Gasteiger partial charge on any atom is -0.339 e. The van der Waals surface area contributed by atoms with Crippen LogP contribution in [0.4, 0.5) is 11.4 Å². The van der Waals surface area contributed by atoms with E-state index in [0.29, 0.717) is 6.04 Å². The zero-order chi connectivity index (χ0) is 13.1. The Labute approximate surface area is 110 Å². The molecule has 1 nitrogen and oxygen atoms in total. The van der Waals surface area contributed by atoms with E-state index in [0.717, 1.165) is 0 Å².